The lowest BCUT2D eigenvalue weighted by atomic mass is 9.82. The van der Waals surface area contributed by atoms with Crippen molar-refractivity contribution in [1.82, 2.24) is 9.97 Å². The van der Waals surface area contributed by atoms with E-state index in [-0.39, 0.29) is 16.6 Å². The van der Waals surface area contributed by atoms with E-state index in [0.29, 0.717) is 11.7 Å². The lowest BCUT2D eigenvalue weighted by Gasteiger charge is -2.25. The number of hydrogen-bond donors (Lipinski definition) is 1. The quantitative estimate of drug-likeness (QED) is 0.881. The van der Waals surface area contributed by atoms with Gasteiger partial charge in [0.1, 0.15) is 5.82 Å². The minimum atomic E-state index is -1.09. The Balaban J connectivity index is 2.26. The normalized spacial score (nSPS) is 24.6. The lowest BCUT2D eigenvalue weighted by Crippen LogP contribution is -2.16. The van der Waals surface area contributed by atoms with Gasteiger partial charge in [0, 0.05) is 5.92 Å². The summed E-state index contributed by atoms with van der Waals surface area (Å²) in [6, 6.07) is 0. The van der Waals surface area contributed by atoms with Crippen molar-refractivity contribution in [2.75, 3.05) is 0 Å². The maximum Gasteiger partial charge on any atom is 0.356 e. The molecule has 17 heavy (non-hydrogen) atoms. The van der Waals surface area contributed by atoms with Crippen molar-refractivity contribution in [3.05, 3.63) is 22.7 Å². The highest BCUT2D eigenvalue weighted by atomic mass is 35.5. The molecule has 2 unspecified atom stereocenters. The highest BCUT2D eigenvalue weighted by Crippen LogP contribution is 2.34. The average Bonchev–Trinajstić information content (AvgIpc) is 2.29. The molecule has 0 bridgehead atoms. The van der Waals surface area contributed by atoms with Gasteiger partial charge in [-0.15, -0.1) is 0 Å². The van der Waals surface area contributed by atoms with E-state index in [1.165, 1.54) is 12.6 Å². The van der Waals surface area contributed by atoms with Crippen LogP contribution in [0.1, 0.15) is 54.8 Å². The largest absolute Gasteiger partial charge is 0.476 e. The van der Waals surface area contributed by atoms with Gasteiger partial charge in [-0.05, 0) is 18.8 Å². The number of hydrogen-bond acceptors (Lipinski definition) is 3. The average molecular weight is 255 g/mol. The first-order valence-corrected chi connectivity index (χ1v) is 6.21. The number of halogens is 1. The molecule has 0 radical (unpaired) electrons. The molecule has 1 aliphatic carbocycles. The van der Waals surface area contributed by atoms with Gasteiger partial charge in [-0.3, -0.25) is 0 Å². The van der Waals surface area contributed by atoms with Crippen LogP contribution in [0.5, 0.6) is 0 Å². The Kier molecular flexibility index (Phi) is 3.62. The monoisotopic (exact) mass is 254 g/mol. The van der Waals surface area contributed by atoms with E-state index in [1.54, 1.807) is 0 Å². The molecular formula is C12H15ClN2O2. The zero-order valence-corrected chi connectivity index (χ0v) is 10.4. The number of nitrogens with zero attached hydrogens (tertiary/aromatic N) is 2. The van der Waals surface area contributed by atoms with Gasteiger partial charge in [-0.2, -0.15) is 0 Å². The van der Waals surface area contributed by atoms with Crippen LogP contribution in [0, 0.1) is 5.92 Å². The minimum absolute atomic E-state index is 0.0881. The smallest absolute Gasteiger partial charge is 0.356 e. The summed E-state index contributed by atoms with van der Waals surface area (Å²) in [6.45, 7) is 2.21. The van der Waals surface area contributed by atoms with Crippen molar-refractivity contribution in [1.29, 1.82) is 0 Å². The second-order valence-electron chi connectivity index (χ2n) is 4.70. The second kappa shape index (κ2) is 5.00. The van der Waals surface area contributed by atoms with Crippen LogP contribution >= 0.6 is 11.6 Å². The van der Waals surface area contributed by atoms with Gasteiger partial charge in [-0.1, -0.05) is 31.4 Å². The molecule has 1 saturated carbocycles. The molecule has 0 amide bonds. The van der Waals surface area contributed by atoms with Gasteiger partial charge in [0.15, 0.2) is 5.69 Å². The number of rotatable bonds is 2. The van der Waals surface area contributed by atoms with Crippen LogP contribution < -0.4 is 0 Å². The molecule has 2 rings (SSSR count). The summed E-state index contributed by atoms with van der Waals surface area (Å²) in [4.78, 5) is 19.2. The molecule has 0 aliphatic heterocycles. The fourth-order valence-electron chi connectivity index (χ4n) is 2.40. The van der Waals surface area contributed by atoms with E-state index in [9.17, 15) is 4.79 Å². The summed E-state index contributed by atoms with van der Waals surface area (Å²) in [6.07, 6.45) is 5.84. The molecule has 92 valence electrons. The molecule has 1 aromatic rings. The van der Waals surface area contributed by atoms with Gasteiger partial charge in [-0.25, -0.2) is 14.8 Å². The highest BCUT2D eigenvalue weighted by Gasteiger charge is 2.24. The van der Waals surface area contributed by atoms with Crippen LogP contribution in [-0.4, -0.2) is 21.0 Å². The Hall–Kier alpha value is -1.16. The van der Waals surface area contributed by atoms with Crippen molar-refractivity contribution in [3.63, 3.8) is 0 Å². The van der Waals surface area contributed by atoms with E-state index in [4.69, 9.17) is 16.7 Å². The van der Waals surface area contributed by atoms with Crippen LogP contribution in [0.3, 0.4) is 0 Å². The Bertz CT molecular complexity index is 437. The molecule has 0 aromatic carbocycles. The van der Waals surface area contributed by atoms with Crippen LogP contribution in [0.15, 0.2) is 6.20 Å². The Morgan fingerprint density at radius 2 is 2.29 bits per heavy atom. The third-order valence-electron chi connectivity index (χ3n) is 3.27. The molecule has 1 aliphatic rings. The lowest BCUT2D eigenvalue weighted by molar-refractivity contribution is 0.0690. The standard InChI is InChI=1S/C12H15ClN2O2/c1-7-3-2-4-8(5-7)11-14-6-9(13)10(15-11)12(16)17/h6-8H,2-5H2,1H3,(H,16,17). The number of carbonyl (C=O) groups is 1. The zero-order chi connectivity index (χ0) is 12.4. The first-order chi connectivity index (χ1) is 8.08. The van der Waals surface area contributed by atoms with Crippen LogP contribution in [0.25, 0.3) is 0 Å². The fourth-order valence-corrected chi connectivity index (χ4v) is 2.57. The molecule has 1 heterocycles. The van der Waals surface area contributed by atoms with E-state index < -0.39 is 5.97 Å². The molecule has 0 spiro atoms. The van der Waals surface area contributed by atoms with E-state index in [2.05, 4.69) is 16.9 Å². The molecule has 1 fully saturated rings. The van der Waals surface area contributed by atoms with Crippen molar-refractivity contribution in [2.45, 2.75) is 38.5 Å². The van der Waals surface area contributed by atoms with E-state index in [1.807, 2.05) is 0 Å². The SMILES string of the molecule is CC1CCCC(c2ncc(Cl)c(C(=O)O)n2)C1. The molecular weight excluding hydrogens is 240 g/mol. The topological polar surface area (TPSA) is 63.1 Å². The summed E-state index contributed by atoms with van der Waals surface area (Å²) in [7, 11) is 0. The molecule has 1 N–H and O–H groups in total. The summed E-state index contributed by atoms with van der Waals surface area (Å²) in [5.41, 5.74) is -0.0881. The number of aromatic carboxylic acids is 1. The summed E-state index contributed by atoms with van der Waals surface area (Å²) >= 11 is 5.75. The van der Waals surface area contributed by atoms with Crippen LogP contribution in [0.2, 0.25) is 5.02 Å². The Morgan fingerprint density at radius 1 is 1.53 bits per heavy atom. The van der Waals surface area contributed by atoms with Gasteiger partial charge in [0.2, 0.25) is 0 Å². The molecule has 2 atom stereocenters. The second-order valence-corrected chi connectivity index (χ2v) is 5.11. The maximum absolute atomic E-state index is 10.9. The van der Waals surface area contributed by atoms with Gasteiger partial charge in [0.05, 0.1) is 11.2 Å². The van der Waals surface area contributed by atoms with Crippen LogP contribution in [0.4, 0.5) is 0 Å². The first kappa shape index (κ1) is 12.3. The Morgan fingerprint density at radius 3 is 2.94 bits per heavy atom. The molecule has 4 nitrogen and oxygen atoms in total. The van der Waals surface area contributed by atoms with Crippen LogP contribution in [-0.2, 0) is 0 Å². The van der Waals surface area contributed by atoms with Gasteiger partial charge < -0.3 is 5.11 Å². The van der Waals surface area contributed by atoms with E-state index in [0.717, 1.165) is 19.3 Å². The Labute approximate surface area is 105 Å². The molecule has 0 saturated heterocycles. The summed E-state index contributed by atoms with van der Waals surface area (Å²) in [5, 5.41) is 9.07. The fraction of sp³-hybridized carbons (Fsp3) is 0.583. The predicted molar refractivity (Wildman–Crippen MR) is 64.4 cm³/mol. The number of carboxylic acid groups (broad SMARTS) is 1. The van der Waals surface area contributed by atoms with Crippen molar-refractivity contribution >= 4 is 17.6 Å². The predicted octanol–water partition coefficient (Wildman–Crippen LogP) is 3.12. The maximum atomic E-state index is 10.9. The van der Waals surface area contributed by atoms with E-state index >= 15 is 0 Å². The van der Waals surface area contributed by atoms with Crippen molar-refractivity contribution in [3.8, 4) is 0 Å². The summed E-state index contributed by atoms with van der Waals surface area (Å²) in [5.74, 6) is 0.455. The number of aromatic nitrogens is 2. The first-order valence-electron chi connectivity index (χ1n) is 5.83. The van der Waals surface area contributed by atoms with Gasteiger partial charge >= 0.3 is 5.97 Å². The molecule has 1 aromatic heterocycles. The molecule has 5 heteroatoms. The zero-order valence-electron chi connectivity index (χ0n) is 9.69. The third kappa shape index (κ3) is 2.75. The third-order valence-corrected chi connectivity index (χ3v) is 3.54. The minimum Gasteiger partial charge on any atom is -0.476 e. The highest BCUT2D eigenvalue weighted by molar-refractivity contribution is 6.33. The number of carboxylic acids is 1. The van der Waals surface area contributed by atoms with Crippen molar-refractivity contribution in [2.24, 2.45) is 5.92 Å². The summed E-state index contributed by atoms with van der Waals surface area (Å²) < 4.78 is 0. The van der Waals surface area contributed by atoms with Gasteiger partial charge in [0.25, 0.3) is 0 Å². The van der Waals surface area contributed by atoms with Crippen molar-refractivity contribution < 1.29 is 9.90 Å².